The lowest BCUT2D eigenvalue weighted by molar-refractivity contribution is -0.113. The molecule has 0 aliphatic carbocycles. The third-order valence-corrected chi connectivity index (χ3v) is 4.84. The fourth-order valence-electron chi connectivity index (χ4n) is 3.02. The fourth-order valence-corrected chi connectivity index (χ4v) is 3.42. The van der Waals surface area contributed by atoms with Crippen molar-refractivity contribution in [1.29, 1.82) is 0 Å². The second-order valence-electron chi connectivity index (χ2n) is 6.14. The highest BCUT2D eigenvalue weighted by molar-refractivity contribution is 7.80. The average molecular weight is 418 g/mol. The first-order valence-corrected chi connectivity index (χ1v) is 9.28. The molecule has 28 heavy (non-hydrogen) atoms. The van der Waals surface area contributed by atoms with Gasteiger partial charge >= 0.3 is 0 Å². The molecule has 0 unspecified atom stereocenters. The van der Waals surface area contributed by atoms with Crippen LogP contribution in [-0.2, 0) is 4.79 Å². The van der Waals surface area contributed by atoms with Crippen LogP contribution in [0.5, 0.6) is 11.5 Å². The SMILES string of the molecule is COc1ccc(OC)c([C@H]2NC(=S)NC(C)=C2C(=O)Nc2ccc(Cl)cc2)c1. The Balaban J connectivity index is 2.01. The van der Waals surface area contributed by atoms with Gasteiger partial charge in [0.05, 0.1) is 25.8 Å². The van der Waals surface area contributed by atoms with Crippen LogP contribution in [0.15, 0.2) is 53.7 Å². The quantitative estimate of drug-likeness (QED) is 0.643. The van der Waals surface area contributed by atoms with E-state index < -0.39 is 6.04 Å². The number of carbonyl (C=O) groups excluding carboxylic acids is 1. The monoisotopic (exact) mass is 417 g/mol. The lowest BCUT2D eigenvalue weighted by Gasteiger charge is -2.31. The summed E-state index contributed by atoms with van der Waals surface area (Å²) < 4.78 is 10.8. The van der Waals surface area contributed by atoms with Crippen LogP contribution in [0.4, 0.5) is 5.69 Å². The summed E-state index contributed by atoms with van der Waals surface area (Å²) in [5.74, 6) is 1.00. The molecule has 3 N–H and O–H groups in total. The van der Waals surface area contributed by atoms with Gasteiger partial charge in [-0.05, 0) is 61.6 Å². The third kappa shape index (κ3) is 4.21. The molecule has 0 aromatic heterocycles. The van der Waals surface area contributed by atoms with E-state index in [1.165, 1.54) is 0 Å². The van der Waals surface area contributed by atoms with Crippen molar-refractivity contribution in [2.75, 3.05) is 19.5 Å². The van der Waals surface area contributed by atoms with Gasteiger partial charge in [0.2, 0.25) is 0 Å². The van der Waals surface area contributed by atoms with E-state index in [1.54, 1.807) is 50.6 Å². The average Bonchev–Trinajstić information content (AvgIpc) is 2.68. The Morgan fingerprint density at radius 3 is 2.50 bits per heavy atom. The van der Waals surface area contributed by atoms with Crippen molar-refractivity contribution in [3.63, 3.8) is 0 Å². The number of hydrogen-bond donors (Lipinski definition) is 3. The minimum Gasteiger partial charge on any atom is -0.497 e. The highest BCUT2D eigenvalue weighted by Crippen LogP contribution is 2.36. The number of methoxy groups -OCH3 is 2. The standard InChI is InChI=1S/C20H20ClN3O3S/c1-11-17(19(25)23-13-6-4-12(21)5-7-13)18(24-20(28)22-11)15-10-14(26-2)8-9-16(15)27-3/h4-10,18H,1-3H3,(H,23,25)(H2,22,24,28)/t18-/m1/s1. The van der Waals surface area contributed by atoms with E-state index in [1.807, 2.05) is 13.0 Å². The van der Waals surface area contributed by atoms with Crippen molar-refractivity contribution >= 4 is 40.5 Å². The Bertz CT molecular complexity index is 944. The van der Waals surface area contributed by atoms with E-state index in [0.717, 1.165) is 5.56 Å². The van der Waals surface area contributed by atoms with Crippen molar-refractivity contribution in [3.05, 3.63) is 64.3 Å². The summed E-state index contributed by atoms with van der Waals surface area (Å²) in [7, 11) is 3.16. The van der Waals surface area contributed by atoms with E-state index in [9.17, 15) is 4.79 Å². The molecule has 1 aliphatic rings. The van der Waals surface area contributed by atoms with Gasteiger partial charge in [-0.15, -0.1) is 0 Å². The summed E-state index contributed by atoms with van der Waals surface area (Å²) in [6, 6.07) is 11.8. The van der Waals surface area contributed by atoms with Crippen molar-refractivity contribution in [2.45, 2.75) is 13.0 Å². The van der Waals surface area contributed by atoms with Gasteiger partial charge in [-0.1, -0.05) is 11.6 Å². The Labute approximate surface area is 173 Å². The smallest absolute Gasteiger partial charge is 0.255 e. The van der Waals surface area contributed by atoms with Crippen LogP contribution >= 0.6 is 23.8 Å². The normalized spacial score (nSPS) is 16.1. The first-order chi connectivity index (χ1) is 13.4. The van der Waals surface area contributed by atoms with Gasteiger partial charge in [0.15, 0.2) is 5.11 Å². The van der Waals surface area contributed by atoms with Gasteiger partial charge in [-0.3, -0.25) is 4.79 Å². The van der Waals surface area contributed by atoms with Gasteiger partial charge in [0.25, 0.3) is 5.91 Å². The molecule has 1 aliphatic heterocycles. The van der Waals surface area contributed by atoms with Crippen LogP contribution < -0.4 is 25.4 Å². The van der Waals surface area contributed by atoms with Gasteiger partial charge in [0, 0.05) is 22.0 Å². The molecule has 1 atom stereocenters. The molecule has 1 amide bonds. The number of carbonyl (C=O) groups is 1. The zero-order valence-electron chi connectivity index (χ0n) is 15.6. The summed E-state index contributed by atoms with van der Waals surface area (Å²) in [6.07, 6.45) is 0. The number of ether oxygens (including phenoxy) is 2. The zero-order valence-corrected chi connectivity index (χ0v) is 17.2. The molecule has 0 fully saturated rings. The van der Waals surface area contributed by atoms with Crippen LogP contribution in [0.2, 0.25) is 5.02 Å². The summed E-state index contributed by atoms with van der Waals surface area (Å²) in [6.45, 7) is 1.81. The molecule has 8 heteroatoms. The predicted molar refractivity (Wildman–Crippen MR) is 114 cm³/mol. The van der Waals surface area contributed by atoms with E-state index in [-0.39, 0.29) is 5.91 Å². The van der Waals surface area contributed by atoms with Crippen molar-refractivity contribution < 1.29 is 14.3 Å². The number of anilines is 1. The maximum Gasteiger partial charge on any atom is 0.255 e. The van der Waals surface area contributed by atoms with Gasteiger partial charge < -0.3 is 25.4 Å². The number of halogens is 1. The second-order valence-corrected chi connectivity index (χ2v) is 6.98. The molecule has 0 bridgehead atoms. The topological polar surface area (TPSA) is 71.6 Å². The molecule has 0 saturated carbocycles. The van der Waals surface area contributed by atoms with E-state index >= 15 is 0 Å². The zero-order chi connectivity index (χ0) is 20.3. The predicted octanol–water partition coefficient (Wildman–Crippen LogP) is 3.79. The molecule has 1 heterocycles. The van der Waals surface area contributed by atoms with E-state index in [4.69, 9.17) is 33.3 Å². The van der Waals surface area contributed by atoms with Gasteiger partial charge in [0.1, 0.15) is 11.5 Å². The fraction of sp³-hybridized carbons (Fsp3) is 0.200. The molecular formula is C20H20ClN3O3S. The lowest BCUT2D eigenvalue weighted by Crippen LogP contribution is -2.45. The maximum atomic E-state index is 13.1. The molecule has 2 aromatic rings. The summed E-state index contributed by atoms with van der Waals surface area (Å²) >= 11 is 11.2. The number of benzene rings is 2. The number of amides is 1. The number of rotatable bonds is 5. The van der Waals surface area contributed by atoms with Crippen LogP contribution in [0.1, 0.15) is 18.5 Å². The summed E-state index contributed by atoms with van der Waals surface area (Å²) in [5, 5.41) is 10.1. The Kier molecular flexibility index (Phi) is 6.06. The first kappa shape index (κ1) is 20.0. The van der Waals surface area contributed by atoms with E-state index in [0.29, 0.717) is 38.6 Å². The molecule has 0 saturated heterocycles. The molecule has 146 valence electrons. The van der Waals surface area contributed by atoms with Crippen molar-refractivity contribution in [2.24, 2.45) is 0 Å². The Morgan fingerprint density at radius 1 is 1.14 bits per heavy atom. The number of hydrogen-bond acceptors (Lipinski definition) is 4. The maximum absolute atomic E-state index is 13.1. The highest BCUT2D eigenvalue weighted by Gasteiger charge is 2.32. The second kappa shape index (κ2) is 8.50. The largest absolute Gasteiger partial charge is 0.497 e. The first-order valence-electron chi connectivity index (χ1n) is 8.50. The lowest BCUT2D eigenvalue weighted by atomic mass is 9.94. The number of allylic oxidation sites excluding steroid dienone is 1. The Hall–Kier alpha value is -2.77. The molecule has 0 spiro atoms. The van der Waals surface area contributed by atoms with Crippen molar-refractivity contribution in [3.8, 4) is 11.5 Å². The minimum absolute atomic E-state index is 0.266. The summed E-state index contributed by atoms with van der Waals surface area (Å²) in [4.78, 5) is 13.1. The van der Waals surface area contributed by atoms with Crippen LogP contribution in [0.25, 0.3) is 0 Å². The molecule has 3 rings (SSSR count). The van der Waals surface area contributed by atoms with Crippen LogP contribution in [0, 0.1) is 0 Å². The summed E-state index contributed by atoms with van der Waals surface area (Å²) in [5.41, 5.74) is 2.53. The highest BCUT2D eigenvalue weighted by atomic mass is 35.5. The number of thiocarbonyl (C=S) groups is 1. The molecule has 2 aromatic carbocycles. The molecular weight excluding hydrogens is 398 g/mol. The molecule has 6 nitrogen and oxygen atoms in total. The van der Waals surface area contributed by atoms with E-state index in [2.05, 4.69) is 16.0 Å². The molecule has 0 radical (unpaired) electrons. The number of nitrogens with one attached hydrogen (secondary N) is 3. The Morgan fingerprint density at radius 2 is 1.86 bits per heavy atom. The van der Waals surface area contributed by atoms with Crippen LogP contribution in [0.3, 0.4) is 0 Å². The third-order valence-electron chi connectivity index (χ3n) is 4.36. The minimum atomic E-state index is -0.508. The van der Waals surface area contributed by atoms with Gasteiger partial charge in [-0.2, -0.15) is 0 Å². The van der Waals surface area contributed by atoms with Crippen molar-refractivity contribution in [1.82, 2.24) is 10.6 Å². The van der Waals surface area contributed by atoms with Gasteiger partial charge in [-0.25, -0.2) is 0 Å². The van der Waals surface area contributed by atoms with Crippen LogP contribution in [-0.4, -0.2) is 25.2 Å².